The van der Waals surface area contributed by atoms with Crippen LogP contribution in [0.1, 0.15) is 0 Å². The van der Waals surface area contributed by atoms with Crippen molar-refractivity contribution in [3.63, 3.8) is 0 Å². The van der Waals surface area contributed by atoms with Gasteiger partial charge >= 0.3 is 6.36 Å². The molecular formula is C18H13F3NOP. The van der Waals surface area contributed by atoms with Crippen LogP contribution in [-0.4, -0.2) is 11.3 Å². The van der Waals surface area contributed by atoms with Crippen molar-refractivity contribution in [2.45, 2.75) is 6.36 Å². The number of alkyl halides is 3. The van der Waals surface area contributed by atoms with Crippen molar-refractivity contribution in [1.82, 2.24) is 4.98 Å². The van der Waals surface area contributed by atoms with Gasteiger partial charge < -0.3 is 4.74 Å². The zero-order valence-corrected chi connectivity index (χ0v) is 13.3. The third-order valence-corrected chi connectivity index (χ3v) is 5.56. The zero-order chi connectivity index (χ0) is 17.0. The van der Waals surface area contributed by atoms with Crippen molar-refractivity contribution < 1.29 is 17.9 Å². The Morgan fingerprint density at radius 2 is 1.29 bits per heavy atom. The molecule has 1 heterocycles. The van der Waals surface area contributed by atoms with Crippen LogP contribution in [0.25, 0.3) is 0 Å². The topological polar surface area (TPSA) is 22.1 Å². The molecule has 6 heteroatoms. The molecule has 0 aliphatic heterocycles. The summed E-state index contributed by atoms with van der Waals surface area (Å²) in [6, 6.07) is 22.5. The zero-order valence-electron chi connectivity index (χ0n) is 12.4. The molecule has 24 heavy (non-hydrogen) atoms. The number of nitrogens with zero attached hydrogens (tertiary/aromatic N) is 1. The van der Waals surface area contributed by atoms with Gasteiger partial charge in [-0.2, -0.15) is 0 Å². The van der Waals surface area contributed by atoms with Gasteiger partial charge in [0.25, 0.3) is 0 Å². The monoisotopic (exact) mass is 347 g/mol. The molecule has 0 spiro atoms. The van der Waals surface area contributed by atoms with E-state index < -0.39 is 14.3 Å². The standard InChI is InChI=1S/C18H13F3NOP/c19-18(20,21)23-14-11-12-17(22-13-14)24(15-7-3-1-4-8-15)16-9-5-2-6-10-16/h1-13H. The maximum absolute atomic E-state index is 12.3. The van der Waals surface area contributed by atoms with E-state index in [4.69, 9.17) is 0 Å². The van der Waals surface area contributed by atoms with Gasteiger partial charge in [0.05, 0.1) is 11.6 Å². The Morgan fingerprint density at radius 1 is 0.750 bits per heavy atom. The van der Waals surface area contributed by atoms with Gasteiger partial charge in [-0.05, 0) is 22.7 Å². The molecule has 0 aliphatic carbocycles. The molecule has 0 unspecified atom stereocenters. The molecule has 1 aromatic heterocycles. The van der Waals surface area contributed by atoms with Crippen molar-refractivity contribution in [3.05, 3.63) is 79.0 Å². The maximum atomic E-state index is 12.3. The SMILES string of the molecule is FC(F)(F)Oc1ccc(P(c2ccccc2)c2ccccc2)nc1. The lowest BCUT2D eigenvalue weighted by molar-refractivity contribution is -0.274. The van der Waals surface area contributed by atoms with Crippen molar-refractivity contribution >= 4 is 24.0 Å². The molecule has 2 nitrogen and oxygen atoms in total. The maximum Gasteiger partial charge on any atom is 0.573 e. The summed E-state index contributed by atoms with van der Waals surface area (Å²) in [4.78, 5) is 4.22. The van der Waals surface area contributed by atoms with Gasteiger partial charge in [0.2, 0.25) is 0 Å². The fourth-order valence-electron chi connectivity index (χ4n) is 2.27. The Hall–Kier alpha value is -2.39. The molecule has 0 N–H and O–H groups in total. The van der Waals surface area contributed by atoms with Gasteiger partial charge in [0, 0.05) is 7.92 Å². The van der Waals surface area contributed by atoms with E-state index in [2.05, 4.69) is 9.72 Å². The second-order valence-corrected chi connectivity index (χ2v) is 7.07. The number of hydrogen-bond acceptors (Lipinski definition) is 2. The molecule has 0 fully saturated rings. The first-order valence-corrected chi connectivity index (χ1v) is 8.49. The van der Waals surface area contributed by atoms with Crippen LogP contribution in [0.3, 0.4) is 0 Å². The normalized spacial score (nSPS) is 11.5. The van der Waals surface area contributed by atoms with Crippen LogP contribution >= 0.6 is 7.92 Å². The summed E-state index contributed by atoms with van der Waals surface area (Å²) in [5.74, 6) is -0.317. The Balaban J connectivity index is 1.98. The van der Waals surface area contributed by atoms with Gasteiger partial charge in [-0.15, -0.1) is 13.2 Å². The van der Waals surface area contributed by atoms with Gasteiger partial charge in [-0.1, -0.05) is 60.7 Å². The largest absolute Gasteiger partial charge is 0.573 e. The van der Waals surface area contributed by atoms with Crippen molar-refractivity contribution in [3.8, 4) is 5.75 Å². The van der Waals surface area contributed by atoms with Gasteiger partial charge in [0.1, 0.15) is 5.75 Å². The molecule has 122 valence electrons. The number of pyridine rings is 1. The number of hydrogen-bond donors (Lipinski definition) is 0. The average Bonchev–Trinajstić information content (AvgIpc) is 2.57. The molecule has 3 aromatic rings. The van der Waals surface area contributed by atoms with E-state index in [0.29, 0.717) is 0 Å². The predicted octanol–water partition coefficient (Wildman–Crippen LogP) is 3.74. The van der Waals surface area contributed by atoms with Crippen molar-refractivity contribution in [1.29, 1.82) is 0 Å². The number of aromatic nitrogens is 1. The fraction of sp³-hybridized carbons (Fsp3) is 0.0556. The number of halogens is 3. The fourth-order valence-corrected chi connectivity index (χ4v) is 4.43. The number of rotatable bonds is 4. The van der Waals surface area contributed by atoms with Crippen LogP contribution in [0, 0.1) is 0 Å². The molecule has 2 aromatic carbocycles. The summed E-state index contributed by atoms with van der Waals surface area (Å²) >= 11 is 0. The lowest BCUT2D eigenvalue weighted by Gasteiger charge is -2.18. The van der Waals surface area contributed by atoms with Gasteiger partial charge in [0.15, 0.2) is 0 Å². The van der Waals surface area contributed by atoms with E-state index in [1.54, 1.807) is 6.07 Å². The molecular weight excluding hydrogens is 334 g/mol. The molecule has 0 atom stereocenters. The van der Waals surface area contributed by atoms with Crippen LogP contribution < -0.4 is 20.8 Å². The first kappa shape index (κ1) is 16.5. The summed E-state index contributed by atoms with van der Waals surface area (Å²) in [6.45, 7) is 0. The minimum Gasteiger partial charge on any atom is -0.404 e. The second kappa shape index (κ2) is 7.02. The van der Waals surface area contributed by atoms with Crippen LogP contribution in [-0.2, 0) is 0 Å². The van der Waals surface area contributed by atoms with Crippen LogP contribution in [0.15, 0.2) is 79.0 Å². The first-order chi connectivity index (χ1) is 11.5. The van der Waals surface area contributed by atoms with Crippen LogP contribution in [0.4, 0.5) is 13.2 Å². The summed E-state index contributed by atoms with van der Waals surface area (Å²) < 4.78 is 40.7. The molecule has 0 saturated heterocycles. The summed E-state index contributed by atoms with van der Waals surface area (Å²) in [5, 5.41) is 2.16. The lowest BCUT2D eigenvalue weighted by Crippen LogP contribution is -2.23. The number of benzene rings is 2. The van der Waals surface area contributed by atoms with E-state index in [1.807, 2.05) is 60.7 Å². The van der Waals surface area contributed by atoms with E-state index >= 15 is 0 Å². The van der Waals surface area contributed by atoms with Gasteiger partial charge in [-0.25, -0.2) is 0 Å². The highest BCUT2D eigenvalue weighted by atomic mass is 31.1. The highest BCUT2D eigenvalue weighted by Gasteiger charge is 2.31. The Morgan fingerprint density at radius 3 is 1.71 bits per heavy atom. The highest BCUT2D eigenvalue weighted by molar-refractivity contribution is 7.79. The highest BCUT2D eigenvalue weighted by Crippen LogP contribution is 2.32. The summed E-state index contributed by atoms with van der Waals surface area (Å²) in [7, 11) is -0.939. The second-order valence-electron chi connectivity index (χ2n) is 4.91. The molecule has 0 aliphatic rings. The molecule has 0 saturated carbocycles. The molecule has 3 rings (SSSR count). The third kappa shape index (κ3) is 4.12. The quantitative estimate of drug-likeness (QED) is 0.671. The molecule has 0 amide bonds. The summed E-state index contributed by atoms with van der Waals surface area (Å²) in [6.07, 6.45) is -3.60. The minimum absolute atomic E-state index is 0.317. The smallest absolute Gasteiger partial charge is 0.404 e. The van der Waals surface area contributed by atoms with E-state index in [0.717, 1.165) is 22.2 Å². The third-order valence-electron chi connectivity index (χ3n) is 3.21. The lowest BCUT2D eigenvalue weighted by atomic mass is 10.4. The van der Waals surface area contributed by atoms with Crippen molar-refractivity contribution in [2.75, 3.05) is 0 Å². The van der Waals surface area contributed by atoms with Gasteiger partial charge in [-0.3, -0.25) is 4.98 Å². The number of ether oxygens (including phenoxy) is 1. The Bertz CT molecular complexity index is 737. The van der Waals surface area contributed by atoms with Crippen LogP contribution in [0.5, 0.6) is 5.75 Å². The first-order valence-electron chi connectivity index (χ1n) is 7.15. The van der Waals surface area contributed by atoms with Crippen LogP contribution in [0.2, 0.25) is 0 Å². The molecule has 0 bridgehead atoms. The summed E-state index contributed by atoms with van der Waals surface area (Å²) in [5.41, 5.74) is 0.719. The average molecular weight is 347 g/mol. The van der Waals surface area contributed by atoms with E-state index in [9.17, 15) is 13.2 Å². The predicted molar refractivity (Wildman–Crippen MR) is 89.6 cm³/mol. The Kier molecular flexibility index (Phi) is 4.81. The van der Waals surface area contributed by atoms with Crippen molar-refractivity contribution in [2.24, 2.45) is 0 Å². The Labute approximate surface area is 138 Å². The van der Waals surface area contributed by atoms with E-state index in [1.165, 1.54) is 6.07 Å². The molecule has 0 radical (unpaired) electrons. The van der Waals surface area contributed by atoms with E-state index in [-0.39, 0.29) is 5.75 Å². The minimum atomic E-state index is -4.72.